The Bertz CT molecular complexity index is 717. The van der Waals surface area contributed by atoms with Crippen LogP contribution in [0, 0.1) is 14.9 Å². The summed E-state index contributed by atoms with van der Waals surface area (Å²) in [5.74, 6) is 0. The molecule has 6 nitrogen and oxygen atoms in total. The van der Waals surface area contributed by atoms with Crippen LogP contribution in [0.1, 0.15) is 83.1 Å². The molecule has 0 aromatic carbocycles. The fraction of sp³-hybridized carbons (Fsp3) is 0.958. The van der Waals surface area contributed by atoms with Gasteiger partial charge in [0.25, 0.3) is 0 Å². The summed E-state index contributed by atoms with van der Waals surface area (Å²) < 4.78 is 16.0. The van der Waals surface area contributed by atoms with Crippen molar-refractivity contribution >= 4 is 81.7 Å². The second-order valence-electron chi connectivity index (χ2n) is 26.2. The Morgan fingerprint density at radius 1 is 0.319 bits per heavy atom. The summed E-state index contributed by atoms with van der Waals surface area (Å²) in [6.07, 6.45) is 4.08. The fourth-order valence-corrected chi connectivity index (χ4v) is 47.0. The molecule has 0 saturated heterocycles. The zero-order valence-corrected chi connectivity index (χ0v) is 65.1. The van der Waals surface area contributed by atoms with Crippen LogP contribution in [0.2, 0.25) is 205 Å². The van der Waals surface area contributed by atoms with Gasteiger partial charge in [-0.05, 0) is 87.9 Å². The Morgan fingerprint density at radius 2 is 0.420 bits per heavy atom. The Kier molecular flexibility index (Phi) is 112. The standard InChI is InChI=1S/4C6H18OSi2.2C5H14Si.2C4H10O.4CH4.2CH3.F2.FH.Ti.Zn/c4*1-8(2,3)6-9(4,5)7;2*1-5-6(2,3)4;2*1-2-3-4-5;;;;;;;1-2;;;/h4*7H,6H2,1-5H3;2*5H2,1-4H3;2*5H,2-4H2,1H3;4*1H4;2*1H3;;1H;;/q;;;;;;;;;;;;2*-1;;;;. The molecule has 0 unspecified atom stereocenters. The predicted octanol–water partition coefficient (Wildman–Crippen LogP) is 18.9. The van der Waals surface area contributed by atoms with Gasteiger partial charge in [-0.3, -0.25) is 4.70 Å². The molecule has 440 valence electrons. The van der Waals surface area contributed by atoms with Crippen LogP contribution in [-0.2, 0) is 41.2 Å². The molecular weight excluding hydrogens is 1120 g/mol. The third-order valence-corrected chi connectivity index (χ3v) is 42.1. The number of unbranched alkanes of at least 4 members (excludes halogenated alkanes) is 2. The summed E-state index contributed by atoms with van der Waals surface area (Å²) in [5, 5.41) is 16.1. The van der Waals surface area contributed by atoms with Gasteiger partial charge in [0.2, 0.25) is 0 Å². The smallest absolute Gasteiger partial charge is 0.180 e. The molecule has 69 heavy (non-hydrogen) atoms. The first kappa shape index (κ1) is 125. The summed E-state index contributed by atoms with van der Waals surface area (Å²) in [6.45, 7) is 67.4. The summed E-state index contributed by atoms with van der Waals surface area (Å²) >= 11 is 0. The van der Waals surface area contributed by atoms with Gasteiger partial charge in [0.05, 0.1) is 0 Å². The van der Waals surface area contributed by atoms with E-state index in [9.17, 15) is 19.2 Å². The summed E-state index contributed by atoms with van der Waals surface area (Å²) in [6, 6.07) is 2.82. The summed E-state index contributed by atoms with van der Waals surface area (Å²) in [4.78, 5) is 38.1. The third-order valence-electron chi connectivity index (χ3n) is 7.00. The van der Waals surface area contributed by atoms with Crippen LogP contribution in [0.25, 0.3) is 0 Å². The van der Waals surface area contributed by atoms with Crippen LogP contribution in [0.4, 0.5) is 13.9 Å². The Balaban J connectivity index is -0.0000000265. The minimum absolute atomic E-state index is 0. The first-order valence-electron chi connectivity index (χ1n) is 23.0. The van der Waals surface area contributed by atoms with Gasteiger partial charge in [-0.25, -0.2) is 0 Å². The molecule has 21 heteroatoms. The van der Waals surface area contributed by atoms with Crippen molar-refractivity contribution in [1.29, 1.82) is 0 Å². The minimum Gasteiger partial charge on any atom is -0.433 e. The Hall–Kier alpha value is 3.06. The monoisotopic (exact) mass is 1260 g/mol. The topological polar surface area (TPSA) is 121 Å². The van der Waals surface area contributed by atoms with Crippen LogP contribution in [-0.4, -0.2) is 124 Å². The van der Waals surface area contributed by atoms with Gasteiger partial charge < -0.3 is 44.2 Å². The van der Waals surface area contributed by atoms with Crippen molar-refractivity contribution < 1.29 is 84.4 Å². The zero-order valence-electron chi connectivity index (χ0n) is 50.5. The molecule has 0 aliphatic heterocycles. The fourth-order valence-electron chi connectivity index (χ4n) is 5.51. The molecule has 0 bridgehead atoms. The van der Waals surface area contributed by atoms with Crippen molar-refractivity contribution in [3.8, 4) is 0 Å². The molecule has 0 fully saturated rings. The van der Waals surface area contributed by atoms with Crippen molar-refractivity contribution in [2.24, 2.45) is 0 Å². The van der Waals surface area contributed by atoms with E-state index in [1.165, 1.54) is 12.1 Å². The van der Waals surface area contributed by atoms with Gasteiger partial charge in [0, 0.05) is 112 Å². The molecule has 0 rings (SSSR count). The molecule has 0 heterocycles. The molecule has 0 amide bonds. The normalized spacial score (nSPS) is 10.7. The zero-order chi connectivity index (χ0) is 51.5. The van der Waals surface area contributed by atoms with Crippen LogP contribution in [0.5, 0.6) is 0 Å². The second-order valence-corrected chi connectivity index (χ2v) is 78.5. The van der Waals surface area contributed by atoms with Crippen molar-refractivity contribution in [3.05, 3.63) is 14.9 Å². The molecule has 0 aliphatic rings. The number of hydrogen-bond donors (Lipinski definition) is 6. The molecule has 0 spiro atoms. The van der Waals surface area contributed by atoms with Gasteiger partial charge in [-0.2, -0.15) is 0 Å². The minimum atomic E-state index is -1.73. The van der Waals surface area contributed by atoms with Crippen LogP contribution in [0.15, 0.2) is 0 Å². The van der Waals surface area contributed by atoms with E-state index in [1.807, 2.05) is 52.4 Å². The van der Waals surface area contributed by atoms with Gasteiger partial charge in [0.15, 0.2) is 33.3 Å². The molecule has 6 N–H and O–H groups in total. The van der Waals surface area contributed by atoms with E-state index < -0.39 is 81.7 Å². The maximum atomic E-state index is 9.53. The average molecular weight is 1270 g/mol. The van der Waals surface area contributed by atoms with Crippen molar-refractivity contribution in [2.45, 2.75) is 288 Å². The first-order valence-corrected chi connectivity index (χ1v) is 57.9. The average Bonchev–Trinajstić information content (AvgIpc) is 2.89. The van der Waals surface area contributed by atoms with Crippen molar-refractivity contribution in [3.63, 3.8) is 0 Å². The van der Waals surface area contributed by atoms with Crippen molar-refractivity contribution in [2.75, 3.05) is 13.2 Å². The molecule has 0 aromatic rings. The molecule has 0 saturated carbocycles. The number of halogens is 3. The molecule has 0 aliphatic carbocycles. The molecule has 0 atom stereocenters. The van der Waals surface area contributed by atoms with Gasteiger partial charge in [-0.1, -0.05) is 200 Å². The van der Waals surface area contributed by atoms with E-state index >= 15 is 0 Å². The maximum Gasteiger partial charge on any atom is 0.180 e. The number of aliphatic hydroxyl groups excluding tert-OH is 2. The summed E-state index contributed by atoms with van der Waals surface area (Å²) in [7, 11) is -12.1. The van der Waals surface area contributed by atoms with E-state index in [1.54, 1.807) is 0 Å². The van der Waals surface area contributed by atoms with E-state index in [0.717, 1.165) is 48.4 Å². The largest absolute Gasteiger partial charge is 0.433 e. The Morgan fingerprint density at radius 3 is 0.420 bits per heavy atom. The third kappa shape index (κ3) is 247. The number of hydrogen-bond acceptors (Lipinski definition) is 6. The van der Waals surface area contributed by atoms with Gasteiger partial charge >= 0.3 is 0 Å². The molecular formula is C48H143F3O6Si10TiZn-2. The van der Waals surface area contributed by atoms with Crippen LogP contribution < -0.4 is 0 Å². The number of rotatable bonds is 14. The van der Waals surface area contributed by atoms with E-state index in [0.29, 0.717) is 13.2 Å². The van der Waals surface area contributed by atoms with E-state index in [-0.39, 0.29) is 90.5 Å². The van der Waals surface area contributed by atoms with Gasteiger partial charge in [0.1, 0.15) is 0 Å². The second kappa shape index (κ2) is 61.9. The van der Waals surface area contributed by atoms with E-state index in [2.05, 4.69) is 146 Å². The predicted molar refractivity (Wildman–Crippen MR) is 348 cm³/mol. The molecule has 0 radical (unpaired) electrons. The Labute approximate surface area is 478 Å². The molecule has 0 aromatic heterocycles. The van der Waals surface area contributed by atoms with Crippen molar-refractivity contribution in [1.82, 2.24) is 0 Å². The SMILES string of the molecule is C.C.C.C.CCCCO.CCCCO.CC[Si](C)(C)C.CC[Si](C)(C)C.C[Si](C)(C)C[Si](C)(C)O.C[Si](C)(C)C[Si](C)(C)O.C[Si](C)(C)C[Si](C)(C)O.C[Si](C)(C)C[Si](C)(C)O.F.FF.[CH3-].[CH3-].[Ti].[Zn]. The first-order chi connectivity index (χ1) is 25.8. The summed E-state index contributed by atoms with van der Waals surface area (Å²) in [5.41, 5.74) is 4.50. The van der Waals surface area contributed by atoms with Gasteiger partial charge in [-0.15, -0.1) is 0 Å². The van der Waals surface area contributed by atoms with Crippen LogP contribution in [0.3, 0.4) is 0 Å². The number of aliphatic hydroxyl groups is 2. The van der Waals surface area contributed by atoms with Crippen LogP contribution >= 0.6 is 0 Å². The quantitative estimate of drug-likeness (QED) is 0.0761. The van der Waals surface area contributed by atoms with E-state index in [4.69, 9.17) is 19.4 Å². The maximum absolute atomic E-state index is 9.53.